The van der Waals surface area contributed by atoms with Crippen LogP contribution in [0.25, 0.3) is 11.4 Å². The van der Waals surface area contributed by atoms with Crippen LogP contribution in [0.15, 0.2) is 40.8 Å². The molecule has 0 spiro atoms. The van der Waals surface area contributed by atoms with Crippen molar-refractivity contribution in [3.8, 4) is 11.4 Å². The van der Waals surface area contributed by atoms with Crippen LogP contribution in [-0.2, 0) is 20.9 Å². The maximum absolute atomic E-state index is 13.8. The highest BCUT2D eigenvalue weighted by Crippen LogP contribution is 2.28. The van der Waals surface area contributed by atoms with Crippen LogP contribution in [0.2, 0.25) is 0 Å². The molecule has 2 aromatic heterocycles. The second-order valence-corrected chi connectivity index (χ2v) is 10.0. The average Bonchev–Trinajstić information content (AvgIpc) is 3.69. The van der Waals surface area contributed by atoms with Crippen molar-refractivity contribution in [1.29, 1.82) is 0 Å². The summed E-state index contributed by atoms with van der Waals surface area (Å²) >= 11 is 0. The highest BCUT2D eigenvalue weighted by Gasteiger charge is 2.37. The standard InChI is InChI=1S/C27H34N6O4/c1-18-9-12-20(13-10-18)26-29-31-33(30-26)17-24(34)32(16-22-8-5-15-36-22)25(23-14-11-19(2)37-23)27(35)28-21-6-3-4-7-21/h9-14,21-22,25H,3-8,15-17H2,1-2H3,(H,28,35)/t22-,25-/m0/s1. The van der Waals surface area contributed by atoms with E-state index >= 15 is 0 Å². The van der Waals surface area contributed by atoms with Crippen LogP contribution in [0.1, 0.15) is 61.7 Å². The van der Waals surface area contributed by atoms with Gasteiger partial charge in [-0.2, -0.15) is 4.80 Å². The summed E-state index contributed by atoms with van der Waals surface area (Å²) in [5.41, 5.74) is 1.95. The molecule has 1 aliphatic carbocycles. The molecule has 0 radical (unpaired) electrons. The van der Waals surface area contributed by atoms with Crippen molar-refractivity contribution >= 4 is 11.8 Å². The lowest BCUT2D eigenvalue weighted by molar-refractivity contribution is -0.144. The lowest BCUT2D eigenvalue weighted by atomic mass is 10.1. The Labute approximate surface area is 216 Å². The van der Waals surface area contributed by atoms with Crippen molar-refractivity contribution in [2.24, 2.45) is 0 Å². The van der Waals surface area contributed by atoms with E-state index in [0.717, 1.165) is 49.7 Å². The van der Waals surface area contributed by atoms with Crippen molar-refractivity contribution < 1.29 is 18.7 Å². The molecule has 3 aromatic rings. The van der Waals surface area contributed by atoms with Gasteiger partial charge in [-0.15, -0.1) is 10.2 Å². The van der Waals surface area contributed by atoms with E-state index in [0.29, 0.717) is 24.0 Å². The van der Waals surface area contributed by atoms with Gasteiger partial charge in [-0.25, -0.2) is 0 Å². The smallest absolute Gasteiger partial charge is 0.250 e. The number of hydrogen-bond donors (Lipinski definition) is 1. The molecule has 2 atom stereocenters. The number of amides is 2. The zero-order chi connectivity index (χ0) is 25.8. The van der Waals surface area contributed by atoms with Gasteiger partial charge in [0, 0.05) is 24.8 Å². The Bertz CT molecular complexity index is 1210. The van der Waals surface area contributed by atoms with Gasteiger partial charge in [0.25, 0.3) is 5.91 Å². The molecule has 0 unspecified atom stereocenters. The molecule has 0 bridgehead atoms. The number of carbonyl (C=O) groups is 2. The Kier molecular flexibility index (Phi) is 7.64. The Morgan fingerprint density at radius 3 is 2.54 bits per heavy atom. The molecular formula is C27H34N6O4. The minimum atomic E-state index is -0.911. The summed E-state index contributed by atoms with van der Waals surface area (Å²) in [4.78, 5) is 30.3. The Morgan fingerprint density at radius 1 is 1.08 bits per heavy atom. The number of aromatic nitrogens is 4. The van der Waals surface area contributed by atoms with Gasteiger partial charge in [0.2, 0.25) is 11.7 Å². The van der Waals surface area contributed by atoms with E-state index in [1.54, 1.807) is 11.0 Å². The van der Waals surface area contributed by atoms with Crippen LogP contribution in [0, 0.1) is 13.8 Å². The van der Waals surface area contributed by atoms with Gasteiger partial charge in [0.05, 0.1) is 6.10 Å². The Balaban J connectivity index is 1.40. The monoisotopic (exact) mass is 506 g/mol. The fourth-order valence-electron chi connectivity index (χ4n) is 5.07. The lowest BCUT2D eigenvalue weighted by Crippen LogP contribution is -2.49. The van der Waals surface area contributed by atoms with Crippen LogP contribution in [0.5, 0.6) is 0 Å². The highest BCUT2D eigenvalue weighted by molar-refractivity contribution is 5.88. The van der Waals surface area contributed by atoms with E-state index in [4.69, 9.17) is 9.15 Å². The number of nitrogens with zero attached hydrogens (tertiary/aromatic N) is 5. The van der Waals surface area contributed by atoms with Crippen LogP contribution in [-0.4, -0.2) is 62.2 Å². The van der Waals surface area contributed by atoms with Gasteiger partial charge in [-0.3, -0.25) is 9.59 Å². The first-order chi connectivity index (χ1) is 18.0. The molecule has 1 saturated carbocycles. The third-order valence-electron chi connectivity index (χ3n) is 7.08. The van der Waals surface area contributed by atoms with E-state index in [9.17, 15) is 9.59 Å². The van der Waals surface area contributed by atoms with E-state index in [1.807, 2.05) is 44.2 Å². The van der Waals surface area contributed by atoms with Crippen molar-refractivity contribution in [3.63, 3.8) is 0 Å². The van der Waals surface area contributed by atoms with E-state index < -0.39 is 6.04 Å². The van der Waals surface area contributed by atoms with Gasteiger partial charge >= 0.3 is 0 Å². The topological polar surface area (TPSA) is 115 Å². The summed E-state index contributed by atoms with van der Waals surface area (Å²) in [5, 5.41) is 15.8. The summed E-state index contributed by atoms with van der Waals surface area (Å²) in [6, 6.07) is 10.6. The van der Waals surface area contributed by atoms with Gasteiger partial charge in [0.15, 0.2) is 6.04 Å². The summed E-state index contributed by atoms with van der Waals surface area (Å²) in [6.07, 6.45) is 5.69. The van der Waals surface area contributed by atoms with E-state index in [-0.39, 0.29) is 37.0 Å². The predicted molar refractivity (Wildman–Crippen MR) is 135 cm³/mol. The lowest BCUT2D eigenvalue weighted by Gasteiger charge is -2.32. The summed E-state index contributed by atoms with van der Waals surface area (Å²) in [7, 11) is 0. The van der Waals surface area contributed by atoms with E-state index in [2.05, 4.69) is 20.7 Å². The number of tetrazole rings is 1. The zero-order valence-corrected chi connectivity index (χ0v) is 21.4. The van der Waals surface area contributed by atoms with Gasteiger partial charge in [-0.05, 0) is 56.9 Å². The molecule has 1 aromatic carbocycles. The maximum atomic E-state index is 13.8. The number of ether oxygens (including phenoxy) is 1. The normalized spacial score (nSPS) is 18.7. The number of nitrogens with one attached hydrogen (secondary N) is 1. The molecule has 2 fully saturated rings. The maximum Gasteiger partial charge on any atom is 0.250 e. The molecule has 2 amide bonds. The predicted octanol–water partition coefficient (Wildman–Crippen LogP) is 3.36. The molecule has 1 saturated heterocycles. The minimum absolute atomic E-state index is 0.111. The molecule has 37 heavy (non-hydrogen) atoms. The third-order valence-corrected chi connectivity index (χ3v) is 7.08. The molecule has 1 N–H and O–H groups in total. The molecule has 1 aliphatic heterocycles. The third kappa shape index (κ3) is 6.07. The first-order valence-electron chi connectivity index (χ1n) is 13.1. The SMILES string of the molecule is Cc1ccc(-c2nnn(CC(=O)N(C[C@@H]3CCCO3)[C@H](C(=O)NC3CCCC3)c3ccc(C)o3)n2)cc1. The van der Waals surface area contributed by atoms with E-state index in [1.165, 1.54) is 4.80 Å². The quantitative estimate of drug-likeness (QED) is 0.473. The van der Waals surface area contributed by atoms with Crippen molar-refractivity contribution in [1.82, 2.24) is 30.4 Å². The largest absolute Gasteiger partial charge is 0.464 e. The van der Waals surface area contributed by atoms with Gasteiger partial charge in [-0.1, -0.05) is 42.7 Å². The fraction of sp³-hybridized carbons (Fsp3) is 0.519. The number of hydrogen-bond acceptors (Lipinski definition) is 7. The molecule has 10 heteroatoms. The van der Waals surface area contributed by atoms with Crippen LogP contribution in [0.3, 0.4) is 0 Å². The fourth-order valence-corrected chi connectivity index (χ4v) is 5.07. The number of aryl methyl sites for hydroxylation is 2. The first-order valence-corrected chi connectivity index (χ1v) is 13.1. The number of rotatable bonds is 9. The second-order valence-electron chi connectivity index (χ2n) is 10.0. The van der Waals surface area contributed by atoms with Crippen LogP contribution >= 0.6 is 0 Å². The molecule has 10 nitrogen and oxygen atoms in total. The Hall–Kier alpha value is -3.53. The number of furan rings is 1. The molecule has 3 heterocycles. The molecule has 2 aliphatic rings. The summed E-state index contributed by atoms with van der Waals surface area (Å²) in [5.74, 6) is 1.02. The summed E-state index contributed by atoms with van der Waals surface area (Å²) < 4.78 is 11.8. The van der Waals surface area contributed by atoms with Gasteiger partial charge < -0.3 is 19.4 Å². The number of carbonyl (C=O) groups excluding carboxylic acids is 2. The number of benzene rings is 1. The Morgan fingerprint density at radius 2 is 1.86 bits per heavy atom. The molecule has 196 valence electrons. The highest BCUT2D eigenvalue weighted by atomic mass is 16.5. The summed E-state index contributed by atoms with van der Waals surface area (Å²) in [6.45, 7) is 4.61. The minimum Gasteiger partial charge on any atom is -0.464 e. The molecule has 5 rings (SSSR count). The molecular weight excluding hydrogens is 472 g/mol. The zero-order valence-electron chi connectivity index (χ0n) is 21.4. The average molecular weight is 507 g/mol. The van der Waals surface area contributed by atoms with Gasteiger partial charge in [0.1, 0.15) is 18.1 Å². The van der Waals surface area contributed by atoms with Crippen molar-refractivity contribution in [2.75, 3.05) is 13.2 Å². The van der Waals surface area contributed by atoms with Crippen molar-refractivity contribution in [3.05, 3.63) is 53.5 Å². The second kappa shape index (κ2) is 11.2. The van der Waals surface area contributed by atoms with Crippen LogP contribution < -0.4 is 5.32 Å². The van der Waals surface area contributed by atoms with Crippen molar-refractivity contribution in [2.45, 2.75) is 77.1 Å². The van der Waals surface area contributed by atoms with Crippen LogP contribution in [0.4, 0.5) is 0 Å². The first kappa shape index (κ1) is 25.1.